The van der Waals surface area contributed by atoms with Crippen molar-refractivity contribution < 1.29 is 19.1 Å². The van der Waals surface area contributed by atoms with Crippen LogP contribution in [0.25, 0.3) is 0 Å². The standard InChI is InChI=1S/C14H17N3O4S/c1-2-21-12(19)9-8-11(18)15-14(22)17-16-13(20)10-6-4-3-5-7-10/h3-7H,2,8-9H2,1H3,(H,16,20)(H2,15,17,18,22). The highest BCUT2D eigenvalue weighted by Gasteiger charge is 2.10. The number of hydrogen-bond donors (Lipinski definition) is 3. The largest absolute Gasteiger partial charge is 0.466 e. The minimum Gasteiger partial charge on any atom is -0.466 e. The average Bonchev–Trinajstić information content (AvgIpc) is 2.52. The van der Waals surface area contributed by atoms with E-state index in [1.807, 2.05) is 0 Å². The number of amides is 2. The smallest absolute Gasteiger partial charge is 0.306 e. The molecule has 7 nitrogen and oxygen atoms in total. The lowest BCUT2D eigenvalue weighted by Gasteiger charge is -2.10. The molecule has 0 radical (unpaired) electrons. The molecule has 8 heteroatoms. The molecule has 22 heavy (non-hydrogen) atoms. The first kappa shape index (κ1) is 17.6. The van der Waals surface area contributed by atoms with Crippen LogP contribution in [0, 0.1) is 0 Å². The highest BCUT2D eigenvalue weighted by molar-refractivity contribution is 7.80. The molecule has 0 spiro atoms. The molecule has 0 atom stereocenters. The highest BCUT2D eigenvalue weighted by Crippen LogP contribution is 1.96. The Labute approximate surface area is 133 Å². The molecule has 0 saturated heterocycles. The van der Waals surface area contributed by atoms with E-state index in [4.69, 9.17) is 17.0 Å². The Morgan fingerprint density at radius 3 is 2.41 bits per heavy atom. The number of hydrogen-bond acceptors (Lipinski definition) is 5. The fourth-order valence-corrected chi connectivity index (χ4v) is 1.61. The van der Waals surface area contributed by atoms with E-state index in [1.165, 1.54) is 0 Å². The minimum absolute atomic E-state index is 0.0291. The Morgan fingerprint density at radius 2 is 1.77 bits per heavy atom. The molecule has 1 aromatic carbocycles. The Morgan fingerprint density at radius 1 is 1.09 bits per heavy atom. The maximum Gasteiger partial charge on any atom is 0.306 e. The number of thiocarbonyl (C=S) groups is 1. The van der Waals surface area contributed by atoms with Crippen LogP contribution in [0.2, 0.25) is 0 Å². The third-order valence-electron chi connectivity index (χ3n) is 2.44. The lowest BCUT2D eigenvalue weighted by atomic mass is 10.2. The van der Waals surface area contributed by atoms with Crippen molar-refractivity contribution >= 4 is 35.1 Å². The minimum atomic E-state index is -0.450. The summed E-state index contributed by atoms with van der Waals surface area (Å²) in [6.45, 7) is 1.96. The second-order valence-corrected chi connectivity index (χ2v) is 4.54. The molecule has 0 aliphatic rings. The van der Waals surface area contributed by atoms with Gasteiger partial charge in [0.1, 0.15) is 0 Å². The number of ether oxygens (including phenoxy) is 1. The Balaban J connectivity index is 2.27. The van der Waals surface area contributed by atoms with Gasteiger partial charge in [-0.15, -0.1) is 0 Å². The second-order valence-electron chi connectivity index (χ2n) is 4.13. The summed E-state index contributed by atoms with van der Waals surface area (Å²) in [5.41, 5.74) is 5.21. The number of esters is 1. The van der Waals surface area contributed by atoms with Gasteiger partial charge in [-0.25, -0.2) is 0 Å². The molecule has 0 aliphatic carbocycles. The zero-order valence-corrected chi connectivity index (χ0v) is 12.9. The molecule has 0 heterocycles. The summed E-state index contributed by atoms with van der Waals surface area (Å²) < 4.78 is 4.70. The second kappa shape index (κ2) is 9.46. The van der Waals surface area contributed by atoms with Gasteiger partial charge in [0.25, 0.3) is 5.91 Å². The van der Waals surface area contributed by atoms with Gasteiger partial charge in [-0.1, -0.05) is 18.2 Å². The molecule has 118 valence electrons. The zero-order valence-electron chi connectivity index (χ0n) is 12.0. The van der Waals surface area contributed by atoms with Crippen molar-refractivity contribution in [2.75, 3.05) is 6.61 Å². The molecule has 0 aromatic heterocycles. The molecule has 2 amide bonds. The summed E-state index contributed by atoms with van der Waals surface area (Å²) in [6.07, 6.45) is -0.0774. The first-order chi connectivity index (χ1) is 10.5. The number of rotatable bonds is 5. The van der Waals surface area contributed by atoms with Gasteiger partial charge in [-0.05, 0) is 31.3 Å². The van der Waals surface area contributed by atoms with E-state index in [1.54, 1.807) is 37.3 Å². The zero-order chi connectivity index (χ0) is 16.4. The molecular formula is C14H17N3O4S. The van der Waals surface area contributed by atoms with E-state index in [0.717, 1.165) is 0 Å². The Hall–Kier alpha value is -2.48. The third-order valence-corrected chi connectivity index (χ3v) is 2.64. The summed E-state index contributed by atoms with van der Waals surface area (Å²) in [5, 5.41) is 2.29. The van der Waals surface area contributed by atoms with Gasteiger partial charge in [-0.3, -0.25) is 25.2 Å². The van der Waals surface area contributed by atoms with Gasteiger partial charge in [-0.2, -0.15) is 0 Å². The molecule has 1 aromatic rings. The van der Waals surface area contributed by atoms with Gasteiger partial charge >= 0.3 is 5.97 Å². The maximum absolute atomic E-state index is 11.7. The number of hydrazine groups is 1. The summed E-state index contributed by atoms with van der Waals surface area (Å²) in [4.78, 5) is 34.3. The van der Waals surface area contributed by atoms with Crippen LogP contribution in [-0.2, 0) is 14.3 Å². The molecule has 0 aliphatic heterocycles. The van der Waals surface area contributed by atoms with E-state index < -0.39 is 11.9 Å². The first-order valence-corrected chi connectivity index (χ1v) is 7.04. The number of carbonyl (C=O) groups is 3. The fourth-order valence-electron chi connectivity index (χ4n) is 1.44. The van der Waals surface area contributed by atoms with Gasteiger partial charge < -0.3 is 10.1 Å². The molecule has 3 N–H and O–H groups in total. The van der Waals surface area contributed by atoms with Crippen LogP contribution in [0.3, 0.4) is 0 Å². The fraction of sp³-hybridized carbons (Fsp3) is 0.286. The van der Waals surface area contributed by atoms with Crippen molar-refractivity contribution in [1.82, 2.24) is 16.2 Å². The maximum atomic E-state index is 11.7. The van der Waals surface area contributed by atoms with Crippen molar-refractivity contribution in [2.45, 2.75) is 19.8 Å². The van der Waals surface area contributed by atoms with E-state index >= 15 is 0 Å². The number of carbonyl (C=O) groups excluding carboxylic acids is 3. The van der Waals surface area contributed by atoms with Crippen LogP contribution < -0.4 is 16.2 Å². The SMILES string of the molecule is CCOC(=O)CCC(=O)NC(=S)NNC(=O)c1ccccc1. The van der Waals surface area contributed by atoms with Gasteiger partial charge in [0.2, 0.25) is 5.91 Å². The van der Waals surface area contributed by atoms with Crippen molar-refractivity contribution in [3.8, 4) is 0 Å². The van der Waals surface area contributed by atoms with E-state index in [0.29, 0.717) is 5.56 Å². The number of nitrogens with one attached hydrogen (secondary N) is 3. The predicted molar refractivity (Wildman–Crippen MR) is 83.7 cm³/mol. The first-order valence-electron chi connectivity index (χ1n) is 6.63. The normalized spacial score (nSPS) is 9.50. The van der Waals surface area contributed by atoms with Crippen molar-refractivity contribution in [2.24, 2.45) is 0 Å². The summed E-state index contributed by atoms with van der Waals surface area (Å²) in [6, 6.07) is 8.52. The molecule has 1 rings (SSSR count). The van der Waals surface area contributed by atoms with Crippen molar-refractivity contribution in [1.29, 1.82) is 0 Å². The summed E-state index contributed by atoms with van der Waals surface area (Å²) in [5.74, 6) is -1.28. The van der Waals surface area contributed by atoms with Crippen LogP contribution in [-0.4, -0.2) is 29.5 Å². The van der Waals surface area contributed by atoms with Crippen LogP contribution in [0.15, 0.2) is 30.3 Å². The number of benzene rings is 1. The van der Waals surface area contributed by atoms with Gasteiger partial charge in [0, 0.05) is 12.0 Å². The molecule has 0 saturated carbocycles. The van der Waals surface area contributed by atoms with Crippen LogP contribution in [0.1, 0.15) is 30.1 Å². The van der Waals surface area contributed by atoms with E-state index in [2.05, 4.69) is 16.2 Å². The van der Waals surface area contributed by atoms with Gasteiger partial charge in [0.05, 0.1) is 13.0 Å². The molecule has 0 fully saturated rings. The van der Waals surface area contributed by atoms with Crippen molar-refractivity contribution in [3.05, 3.63) is 35.9 Å². The van der Waals surface area contributed by atoms with Gasteiger partial charge in [0.15, 0.2) is 5.11 Å². The highest BCUT2D eigenvalue weighted by atomic mass is 32.1. The van der Waals surface area contributed by atoms with Crippen LogP contribution >= 0.6 is 12.2 Å². The van der Waals surface area contributed by atoms with Crippen LogP contribution in [0.5, 0.6) is 0 Å². The topological polar surface area (TPSA) is 96.5 Å². The summed E-state index contributed by atoms with van der Waals surface area (Å²) in [7, 11) is 0. The van der Waals surface area contributed by atoms with E-state index in [-0.39, 0.29) is 30.5 Å². The Kier molecular flexibility index (Phi) is 7.55. The van der Waals surface area contributed by atoms with Crippen LogP contribution in [0.4, 0.5) is 0 Å². The molecular weight excluding hydrogens is 306 g/mol. The third kappa shape index (κ3) is 6.80. The molecule has 0 unspecified atom stereocenters. The van der Waals surface area contributed by atoms with Crippen molar-refractivity contribution in [3.63, 3.8) is 0 Å². The van der Waals surface area contributed by atoms with E-state index in [9.17, 15) is 14.4 Å². The predicted octanol–water partition coefficient (Wildman–Crippen LogP) is 0.665. The quantitative estimate of drug-likeness (QED) is 0.419. The molecule has 0 bridgehead atoms. The monoisotopic (exact) mass is 323 g/mol. The average molecular weight is 323 g/mol. The Bertz CT molecular complexity index is 548. The summed E-state index contributed by atoms with van der Waals surface area (Å²) >= 11 is 4.86. The lowest BCUT2D eigenvalue weighted by molar-refractivity contribution is -0.144. The lowest BCUT2D eigenvalue weighted by Crippen LogP contribution is -2.48.